The van der Waals surface area contributed by atoms with E-state index in [1.807, 2.05) is 0 Å². The van der Waals surface area contributed by atoms with Crippen LogP contribution in [-0.2, 0) is 12.8 Å². The average Bonchev–Trinajstić information content (AvgIpc) is 2.28. The SMILES string of the molecule is CCc1cc(C(C)CC)cc(CC)c1N. The van der Waals surface area contributed by atoms with Crippen molar-refractivity contribution in [1.29, 1.82) is 0 Å². The Morgan fingerprint density at radius 2 is 1.53 bits per heavy atom. The minimum absolute atomic E-state index is 0.640. The fraction of sp³-hybridized carbons (Fsp3) is 0.571. The molecule has 0 bridgehead atoms. The molecule has 84 valence electrons. The minimum Gasteiger partial charge on any atom is -0.398 e. The van der Waals surface area contributed by atoms with Gasteiger partial charge in [0.1, 0.15) is 0 Å². The first-order chi connectivity index (χ1) is 7.13. The summed E-state index contributed by atoms with van der Waals surface area (Å²) in [6.45, 7) is 8.86. The third-order valence-electron chi connectivity index (χ3n) is 3.32. The lowest BCUT2D eigenvalue weighted by Crippen LogP contribution is -2.02. The molecule has 1 atom stereocenters. The van der Waals surface area contributed by atoms with Crippen molar-refractivity contribution in [2.24, 2.45) is 0 Å². The molecule has 0 aromatic heterocycles. The molecule has 1 nitrogen and oxygen atoms in total. The van der Waals surface area contributed by atoms with E-state index in [-0.39, 0.29) is 0 Å². The maximum absolute atomic E-state index is 6.11. The van der Waals surface area contributed by atoms with Crippen LogP contribution in [0.25, 0.3) is 0 Å². The van der Waals surface area contributed by atoms with E-state index in [9.17, 15) is 0 Å². The van der Waals surface area contributed by atoms with Crippen LogP contribution in [0.5, 0.6) is 0 Å². The molecule has 0 aliphatic heterocycles. The van der Waals surface area contributed by atoms with Gasteiger partial charge in [-0.05, 0) is 41.9 Å². The molecule has 1 aromatic carbocycles. The largest absolute Gasteiger partial charge is 0.398 e. The molecule has 0 aliphatic rings. The first-order valence-corrected chi connectivity index (χ1v) is 6.05. The van der Waals surface area contributed by atoms with Gasteiger partial charge in [-0.1, -0.05) is 39.8 Å². The van der Waals surface area contributed by atoms with Crippen molar-refractivity contribution in [3.8, 4) is 0 Å². The summed E-state index contributed by atoms with van der Waals surface area (Å²) in [4.78, 5) is 0. The molecule has 0 fully saturated rings. The smallest absolute Gasteiger partial charge is 0.0379 e. The van der Waals surface area contributed by atoms with Gasteiger partial charge >= 0.3 is 0 Å². The Hall–Kier alpha value is -0.980. The lowest BCUT2D eigenvalue weighted by molar-refractivity contribution is 0.730. The van der Waals surface area contributed by atoms with Gasteiger partial charge in [0.25, 0.3) is 0 Å². The molecule has 1 aromatic rings. The van der Waals surface area contributed by atoms with Gasteiger partial charge in [0, 0.05) is 5.69 Å². The third-order valence-corrected chi connectivity index (χ3v) is 3.32. The number of rotatable bonds is 4. The summed E-state index contributed by atoms with van der Waals surface area (Å²) in [5, 5.41) is 0. The van der Waals surface area contributed by atoms with Crippen LogP contribution >= 0.6 is 0 Å². The van der Waals surface area contributed by atoms with E-state index < -0.39 is 0 Å². The Morgan fingerprint density at radius 3 is 1.87 bits per heavy atom. The molecule has 15 heavy (non-hydrogen) atoms. The van der Waals surface area contributed by atoms with Gasteiger partial charge < -0.3 is 5.73 Å². The van der Waals surface area contributed by atoms with Crippen molar-refractivity contribution >= 4 is 5.69 Å². The van der Waals surface area contributed by atoms with Gasteiger partial charge in [-0.2, -0.15) is 0 Å². The van der Waals surface area contributed by atoms with Crippen LogP contribution in [0.2, 0.25) is 0 Å². The Bertz CT molecular complexity index is 303. The van der Waals surface area contributed by atoms with Crippen LogP contribution < -0.4 is 5.73 Å². The van der Waals surface area contributed by atoms with Gasteiger partial charge in [-0.3, -0.25) is 0 Å². The summed E-state index contributed by atoms with van der Waals surface area (Å²) < 4.78 is 0. The fourth-order valence-electron chi connectivity index (χ4n) is 1.91. The van der Waals surface area contributed by atoms with E-state index in [2.05, 4.69) is 39.8 Å². The van der Waals surface area contributed by atoms with Gasteiger partial charge in [-0.15, -0.1) is 0 Å². The van der Waals surface area contributed by atoms with Crippen LogP contribution in [0.15, 0.2) is 12.1 Å². The van der Waals surface area contributed by atoms with Crippen molar-refractivity contribution < 1.29 is 0 Å². The molecule has 0 heterocycles. The van der Waals surface area contributed by atoms with Crippen molar-refractivity contribution in [2.45, 2.75) is 52.9 Å². The lowest BCUT2D eigenvalue weighted by atomic mass is 9.92. The molecule has 0 saturated carbocycles. The number of hydrogen-bond donors (Lipinski definition) is 1. The molecule has 2 N–H and O–H groups in total. The zero-order valence-corrected chi connectivity index (χ0v) is 10.4. The first-order valence-electron chi connectivity index (χ1n) is 6.05. The quantitative estimate of drug-likeness (QED) is 0.741. The van der Waals surface area contributed by atoms with Crippen LogP contribution in [0.3, 0.4) is 0 Å². The molecule has 1 unspecified atom stereocenters. The fourth-order valence-corrected chi connectivity index (χ4v) is 1.91. The van der Waals surface area contributed by atoms with E-state index >= 15 is 0 Å². The van der Waals surface area contributed by atoms with Gasteiger partial charge in [0.15, 0.2) is 0 Å². The van der Waals surface area contributed by atoms with E-state index in [0.29, 0.717) is 5.92 Å². The Labute approximate surface area is 93.7 Å². The highest BCUT2D eigenvalue weighted by atomic mass is 14.6. The second-order valence-corrected chi connectivity index (χ2v) is 4.27. The van der Waals surface area contributed by atoms with E-state index in [0.717, 1.165) is 18.5 Å². The molecule has 0 amide bonds. The van der Waals surface area contributed by atoms with Crippen LogP contribution in [0.1, 0.15) is 56.7 Å². The Balaban J connectivity index is 3.20. The van der Waals surface area contributed by atoms with Crippen molar-refractivity contribution in [1.82, 2.24) is 0 Å². The van der Waals surface area contributed by atoms with Crippen LogP contribution in [0.4, 0.5) is 5.69 Å². The number of aryl methyl sites for hydroxylation is 2. The van der Waals surface area contributed by atoms with Gasteiger partial charge in [0.05, 0.1) is 0 Å². The Kier molecular flexibility index (Phi) is 4.19. The summed E-state index contributed by atoms with van der Waals surface area (Å²) in [7, 11) is 0. The highest BCUT2D eigenvalue weighted by molar-refractivity contribution is 5.56. The molecular formula is C14H23N. The van der Waals surface area contributed by atoms with Crippen molar-refractivity contribution in [2.75, 3.05) is 5.73 Å². The summed E-state index contributed by atoms with van der Waals surface area (Å²) in [6.07, 6.45) is 3.25. The van der Waals surface area contributed by atoms with Gasteiger partial charge in [-0.25, -0.2) is 0 Å². The van der Waals surface area contributed by atoms with Gasteiger partial charge in [0.2, 0.25) is 0 Å². The molecule has 1 heteroatoms. The second-order valence-electron chi connectivity index (χ2n) is 4.27. The highest BCUT2D eigenvalue weighted by Crippen LogP contribution is 2.27. The predicted octanol–water partition coefficient (Wildman–Crippen LogP) is 3.91. The predicted molar refractivity (Wildman–Crippen MR) is 68.3 cm³/mol. The first kappa shape index (κ1) is 12.1. The van der Waals surface area contributed by atoms with Crippen molar-refractivity contribution in [3.63, 3.8) is 0 Å². The summed E-state index contributed by atoms with van der Waals surface area (Å²) >= 11 is 0. The van der Waals surface area contributed by atoms with Crippen molar-refractivity contribution in [3.05, 3.63) is 28.8 Å². The normalized spacial score (nSPS) is 12.8. The maximum atomic E-state index is 6.11. The molecule has 1 rings (SSSR count). The average molecular weight is 205 g/mol. The third kappa shape index (κ3) is 2.53. The molecule has 0 spiro atoms. The summed E-state index contributed by atoms with van der Waals surface area (Å²) in [5.41, 5.74) is 11.2. The number of hydrogen-bond acceptors (Lipinski definition) is 1. The summed E-state index contributed by atoms with van der Waals surface area (Å²) in [6, 6.07) is 4.56. The monoisotopic (exact) mass is 205 g/mol. The maximum Gasteiger partial charge on any atom is 0.0379 e. The number of nitrogen functional groups attached to an aromatic ring is 1. The lowest BCUT2D eigenvalue weighted by Gasteiger charge is -2.15. The summed E-state index contributed by atoms with van der Waals surface area (Å²) in [5.74, 6) is 0.640. The minimum atomic E-state index is 0.640. The van der Waals surface area contributed by atoms with Crippen LogP contribution in [-0.4, -0.2) is 0 Å². The molecule has 0 radical (unpaired) electrons. The molecular weight excluding hydrogens is 182 g/mol. The number of anilines is 1. The molecule has 0 aliphatic carbocycles. The number of nitrogens with two attached hydrogens (primary N) is 1. The number of benzene rings is 1. The van der Waals surface area contributed by atoms with E-state index in [4.69, 9.17) is 5.73 Å². The van der Waals surface area contributed by atoms with Crippen LogP contribution in [0, 0.1) is 0 Å². The highest BCUT2D eigenvalue weighted by Gasteiger charge is 2.09. The zero-order valence-electron chi connectivity index (χ0n) is 10.4. The standard InChI is InChI=1S/C14H23N/c1-5-10(4)13-8-11(6-2)14(15)12(7-3)9-13/h8-10H,5-7,15H2,1-4H3. The molecule has 0 saturated heterocycles. The second kappa shape index (κ2) is 5.20. The van der Waals surface area contributed by atoms with E-state index in [1.165, 1.54) is 23.1 Å². The Morgan fingerprint density at radius 1 is 1.07 bits per heavy atom. The zero-order chi connectivity index (χ0) is 11.4. The topological polar surface area (TPSA) is 26.0 Å². The van der Waals surface area contributed by atoms with E-state index in [1.54, 1.807) is 0 Å².